The van der Waals surface area contributed by atoms with Crippen molar-refractivity contribution in [2.75, 3.05) is 12.1 Å². The Hall–Kier alpha value is -2.43. The molecule has 0 radical (unpaired) electrons. The van der Waals surface area contributed by atoms with Crippen LogP contribution in [0.5, 0.6) is 17.2 Å². The summed E-state index contributed by atoms with van der Waals surface area (Å²) in [5.74, 6) is 1.43. The number of aromatic nitrogens is 1. The number of phenolic OH excluding ortho intramolecular Hbond substituents is 1. The average Bonchev–Trinajstić information content (AvgIpc) is 2.84. The first-order valence-corrected chi connectivity index (χ1v) is 5.58. The first-order valence-electron chi connectivity index (χ1n) is 5.58. The van der Waals surface area contributed by atoms with E-state index < -0.39 is 0 Å². The number of fused-ring (bicyclic) bond motifs is 1. The molecule has 0 saturated heterocycles. The lowest BCUT2D eigenvalue weighted by molar-refractivity contribution is 0.174. The van der Waals surface area contributed by atoms with Crippen LogP contribution < -0.4 is 14.8 Å². The molecule has 2 heterocycles. The van der Waals surface area contributed by atoms with Crippen LogP contribution in [0.2, 0.25) is 0 Å². The topological polar surface area (TPSA) is 63.6 Å². The van der Waals surface area contributed by atoms with E-state index >= 15 is 0 Å². The van der Waals surface area contributed by atoms with Crippen molar-refractivity contribution in [3.63, 3.8) is 0 Å². The molecule has 0 unspecified atom stereocenters. The molecule has 0 aliphatic carbocycles. The smallest absolute Gasteiger partial charge is 0.231 e. The molecule has 1 aromatic heterocycles. The molecule has 92 valence electrons. The quantitative estimate of drug-likeness (QED) is 0.866. The number of phenols is 1. The third kappa shape index (κ3) is 2.02. The predicted octanol–water partition coefficient (Wildman–Crippen LogP) is 2.13. The van der Waals surface area contributed by atoms with Crippen LogP contribution in [0, 0.1) is 0 Å². The third-order valence-corrected chi connectivity index (χ3v) is 2.72. The summed E-state index contributed by atoms with van der Waals surface area (Å²) < 4.78 is 10.5. The zero-order valence-corrected chi connectivity index (χ0v) is 9.59. The minimum Gasteiger partial charge on any atom is -0.507 e. The summed E-state index contributed by atoms with van der Waals surface area (Å²) in [6.45, 7) is 0.697. The number of nitrogens with one attached hydrogen (secondary N) is 1. The summed E-state index contributed by atoms with van der Waals surface area (Å²) in [5.41, 5.74) is 1.65. The fourth-order valence-corrected chi connectivity index (χ4v) is 1.78. The SMILES string of the molecule is Oc1cc2c(cc1CNc1cccnc1)OCO2. The van der Waals surface area contributed by atoms with Gasteiger partial charge in [-0.3, -0.25) is 4.98 Å². The highest BCUT2D eigenvalue weighted by atomic mass is 16.7. The predicted molar refractivity (Wildman–Crippen MR) is 65.8 cm³/mol. The van der Waals surface area contributed by atoms with Crippen LogP contribution in [0.4, 0.5) is 5.69 Å². The lowest BCUT2D eigenvalue weighted by Crippen LogP contribution is -2.00. The zero-order chi connectivity index (χ0) is 12.4. The van der Waals surface area contributed by atoms with Crippen LogP contribution in [0.25, 0.3) is 0 Å². The van der Waals surface area contributed by atoms with Gasteiger partial charge in [0.2, 0.25) is 6.79 Å². The number of benzene rings is 1. The van der Waals surface area contributed by atoms with Gasteiger partial charge in [0.05, 0.1) is 5.69 Å². The largest absolute Gasteiger partial charge is 0.507 e. The highest BCUT2D eigenvalue weighted by Crippen LogP contribution is 2.37. The van der Waals surface area contributed by atoms with Gasteiger partial charge in [0.1, 0.15) is 5.75 Å². The summed E-state index contributed by atoms with van der Waals surface area (Å²) in [7, 11) is 0. The van der Waals surface area contributed by atoms with E-state index in [1.807, 2.05) is 12.1 Å². The molecule has 1 aliphatic heterocycles. The van der Waals surface area contributed by atoms with E-state index in [4.69, 9.17) is 9.47 Å². The zero-order valence-electron chi connectivity index (χ0n) is 9.59. The molecule has 0 bridgehead atoms. The minimum atomic E-state index is 0.190. The minimum absolute atomic E-state index is 0.190. The second-order valence-corrected chi connectivity index (χ2v) is 3.93. The third-order valence-electron chi connectivity index (χ3n) is 2.72. The van der Waals surface area contributed by atoms with Gasteiger partial charge in [-0.05, 0) is 18.2 Å². The lowest BCUT2D eigenvalue weighted by Gasteiger charge is -2.08. The van der Waals surface area contributed by atoms with Crippen LogP contribution in [0.1, 0.15) is 5.56 Å². The van der Waals surface area contributed by atoms with Gasteiger partial charge < -0.3 is 19.9 Å². The highest BCUT2D eigenvalue weighted by Gasteiger charge is 2.16. The Morgan fingerprint density at radius 1 is 1.28 bits per heavy atom. The van der Waals surface area contributed by atoms with E-state index in [2.05, 4.69) is 10.3 Å². The van der Waals surface area contributed by atoms with Gasteiger partial charge >= 0.3 is 0 Å². The van der Waals surface area contributed by atoms with Crippen LogP contribution in [-0.2, 0) is 6.54 Å². The van der Waals surface area contributed by atoms with Gasteiger partial charge in [-0.15, -0.1) is 0 Å². The Balaban J connectivity index is 1.77. The number of hydrogen-bond donors (Lipinski definition) is 2. The number of ether oxygens (including phenoxy) is 2. The van der Waals surface area contributed by atoms with Gasteiger partial charge in [-0.1, -0.05) is 0 Å². The van der Waals surface area contributed by atoms with Gasteiger partial charge in [0.15, 0.2) is 11.5 Å². The first kappa shape index (κ1) is 10.7. The molecule has 2 aromatic rings. The Labute approximate surface area is 104 Å². The van der Waals surface area contributed by atoms with Crippen LogP contribution >= 0.6 is 0 Å². The number of rotatable bonds is 3. The molecule has 0 amide bonds. The van der Waals surface area contributed by atoms with E-state index in [0.29, 0.717) is 18.0 Å². The molecule has 0 fully saturated rings. The molecule has 5 heteroatoms. The molecular formula is C13H12N2O3. The molecular weight excluding hydrogens is 232 g/mol. The van der Waals surface area contributed by atoms with Gasteiger partial charge in [0.25, 0.3) is 0 Å². The van der Waals surface area contributed by atoms with Crippen molar-refractivity contribution in [2.45, 2.75) is 6.54 Å². The maximum absolute atomic E-state index is 9.86. The van der Waals surface area contributed by atoms with Crippen LogP contribution in [-0.4, -0.2) is 16.9 Å². The maximum Gasteiger partial charge on any atom is 0.231 e. The monoisotopic (exact) mass is 244 g/mol. The number of pyridine rings is 1. The molecule has 0 atom stereocenters. The molecule has 0 spiro atoms. The number of nitrogens with zero attached hydrogens (tertiary/aromatic N) is 1. The second kappa shape index (κ2) is 4.44. The van der Waals surface area contributed by atoms with E-state index in [1.54, 1.807) is 24.5 Å². The summed E-state index contributed by atoms with van der Waals surface area (Å²) in [5, 5.41) is 13.0. The van der Waals surface area contributed by atoms with Crippen molar-refractivity contribution in [3.8, 4) is 17.2 Å². The van der Waals surface area contributed by atoms with Gasteiger partial charge in [0, 0.05) is 30.6 Å². The van der Waals surface area contributed by atoms with Crippen molar-refractivity contribution < 1.29 is 14.6 Å². The molecule has 18 heavy (non-hydrogen) atoms. The normalized spacial score (nSPS) is 12.4. The fourth-order valence-electron chi connectivity index (χ4n) is 1.78. The maximum atomic E-state index is 9.86. The second-order valence-electron chi connectivity index (χ2n) is 3.93. The van der Waals surface area contributed by atoms with E-state index in [-0.39, 0.29) is 12.5 Å². The van der Waals surface area contributed by atoms with Crippen LogP contribution in [0.15, 0.2) is 36.7 Å². The van der Waals surface area contributed by atoms with E-state index in [9.17, 15) is 5.11 Å². The van der Waals surface area contributed by atoms with Crippen LogP contribution in [0.3, 0.4) is 0 Å². The van der Waals surface area contributed by atoms with Crippen molar-refractivity contribution in [1.29, 1.82) is 0 Å². The molecule has 2 N–H and O–H groups in total. The lowest BCUT2D eigenvalue weighted by atomic mass is 10.1. The van der Waals surface area contributed by atoms with Crippen molar-refractivity contribution in [1.82, 2.24) is 4.98 Å². The van der Waals surface area contributed by atoms with E-state index in [1.165, 1.54) is 0 Å². The standard InChI is InChI=1S/C13H12N2O3/c16-11-5-13-12(17-8-18-13)4-9(11)6-15-10-2-1-3-14-7-10/h1-5,7,15-16H,6,8H2. The summed E-state index contributed by atoms with van der Waals surface area (Å²) in [4.78, 5) is 4.01. The molecule has 1 aromatic carbocycles. The van der Waals surface area contributed by atoms with Gasteiger partial charge in [-0.25, -0.2) is 0 Å². The van der Waals surface area contributed by atoms with Crippen molar-refractivity contribution in [2.24, 2.45) is 0 Å². The summed E-state index contributed by atoms with van der Waals surface area (Å²) in [6, 6.07) is 7.11. The fraction of sp³-hybridized carbons (Fsp3) is 0.154. The van der Waals surface area contributed by atoms with Crippen molar-refractivity contribution >= 4 is 5.69 Å². The molecule has 1 aliphatic rings. The molecule has 5 nitrogen and oxygen atoms in total. The summed E-state index contributed by atoms with van der Waals surface area (Å²) in [6.07, 6.45) is 3.44. The molecule has 3 rings (SSSR count). The number of anilines is 1. The Morgan fingerprint density at radius 2 is 2.11 bits per heavy atom. The van der Waals surface area contributed by atoms with E-state index in [0.717, 1.165) is 11.3 Å². The Kier molecular flexibility index (Phi) is 2.64. The number of aromatic hydroxyl groups is 1. The first-order chi connectivity index (χ1) is 8.83. The average molecular weight is 244 g/mol. The highest BCUT2D eigenvalue weighted by molar-refractivity contribution is 5.52. The Morgan fingerprint density at radius 3 is 2.89 bits per heavy atom. The molecule has 0 saturated carbocycles. The Bertz CT molecular complexity index is 558. The van der Waals surface area contributed by atoms with Gasteiger partial charge in [-0.2, -0.15) is 0 Å². The number of hydrogen-bond acceptors (Lipinski definition) is 5. The summed E-state index contributed by atoms with van der Waals surface area (Å²) >= 11 is 0. The van der Waals surface area contributed by atoms with Crippen molar-refractivity contribution in [3.05, 3.63) is 42.2 Å².